The number of nitrogens with one attached hydrogen (secondary N) is 1. The number of hydrogen-bond acceptors (Lipinski definition) is 3. The SMILES string of the molecule is CC[C@@]1(c2ccccc2)NC(=O)N(/N=C\c2cc(C)c(C)cc2C)C1=O. The number of rotatable bonds is 4. The summed E-state index contributed by atoms with van der Waals surface area (Å²) >= 11 is 0. The van der Waals surface area contributed by atoms with Crippen molar-refractivity contribution in [2.24, 2.45) is 5.10 Å². The average molecular weight is 349 g/mol. The Labute approximate surface area is 153 Å². The third-order valence-electron chi connectivity index (χ3n) is 5.06. The van der Waals surface area contributed by atoms with Crippen molar-refractivity contribution in [1.82, 2.24) is 10.3 Å². The maximum atomic E-state index is 13.0. The van der Waals surface area contributed by atoms with Crippen LogP contribution in [0.15, 0.2) is 47.6 Å². The van der Waals surface area contributed by atoms with Gasteiger partial charge in [-0.2, -0.15) is 5.10 Å². The molecule has 26 heavy (non-hydrogen) atoms. The van der Waals surface area contributed by atoms with Gasteiger partial charge in [0.05, 0.1) is 6.21 Å². The Kier molecular flexibility index (Phi) is 4.64. The normalized spacial score (nSPS) is 20.1. The number of urea groups is 1. The van der Waals surface area contributed by atoms with Gasteiger partial charge in [0.2, 0.25) is 0 Å². The van der Waals surface area contributed by atoms with Crippen molar-refractivity contribution < 1.29 is 9.59 Å². The molecule has 1 aliphatic heterocycles. The van der Waals surface area contributed by atoms with Gasteiger partial charge in [-0.05, 0) is 61.1 Å². The van der Waals surface area contributed by atoms with Crippen LogP contribution < -0.4 is 5.32 Å². The number of benzene rings is 2. The first kappa shape index (κ1) is 17.9. The average Bonchev–Trinajstić information content (AvgIpc) is 2.89. The minimum atomic E-state index is -1.06. The monoisotopic (exact) mass is 349 g/mol. The van der Waals surface area contributed by atoms with Crippen LogP contribution in [-0.2, 0) is 10.3 Å². The van der Waals surface area contributed by atoms with E-state index >= 15 is 0 Å². The van der Waals surface area contributed by atoms with Crippen molar-refractivity contribution in [2.45, 2.75) is 39.7 Å². The Hall–Kier alpha value is -2.95. The second-order valence-electron chi connectivity index (χ2n) is 6.71. The summed E-state index contributed by atoms with van der Waals surface area (Å²) in [7, 11) is 0. The van der Waals surface area contributed by atoms with Crippen molar-refractivity contribution in [1.29, 1.82) is 0 Å². The number of amides is 3. The molecular formula is C21H23N3O2. The molecule has 2 aromatic carbocycles. The second-order valence-corrected chi connectivity index (χ2v) is 6.71. The molecule has 5 heteroatoms. The summed E-state index contributed by atoms with van der Waals surface area (Å²) in [6.45, 7) is 7.94. The van der Waals surface area contributed by atoms with Gasteiger partial charge in [-0.3, -0.25) is 4.79 Å². The molecule has 1 fully saturated rings. The zero-order chi connectivity index (χ0) is 18.9. The van der Waals surface area contributed by atoms with Crippen LogP contribution in [0.4, 0.5) is 4.79 Å². The molecule has 2 aromatic rings. The van der Waals surface area contributed by atoms with E-state index in [1.165, 1.54) is 5.56 Å². The Morgan fingerprint density at radius 2 is 1.69 bits per heavy atom. The molecular weight excluding hydrogens is 326 g/mol. The van der Waals surface area contributed by atoms with E-state index in [1.807, 2.05) is 57.2 Å². The number of nitrogens with zero attached hydrogens (tertiary/aromatic N) is 2. The molecule has 0 radical (unpaired) electrons. The maximum Gasteiger partial charge on any atom is 0.346 e. The van der Waals surface area contributed by atoms with E-state index in [0.717, 1.165) is 27.3 Å². The van der Waals surface area contributed by atoms with Crippen LogP contribution >= 0.6 is 0 Å². The Balaban J connectivity index is 1.94. The fraction of sp³-hybridized carbons (Fsp3) is 0.286. The molecule has 1 aliphatic rings. The molecule has 1 atom stereocenters. The minimum absolute atomic E-state index is 0.353. The second kappa shape index (κ2) is 6.75. The fourth-order valence-electron chi connectivity index (χ4n) is 3.27. The summed E-state index contributed by atoms with van der Waals surface area (Å²) in [6, 6.07) is 12.9. The molecule has 0 saturated carbocycles. The summed E-state index contributed by atoms with van der Waals surface area (Å²) in [5.41, 5.74) is 3.98. The highest BCUT2D eigenvalue weighted by molar-refractivity contribution is 6.07. The largest absolute Gasteiger partial charge is 0.346 e. The van der Waals surface area contributed by atoms with Gasteiger partial charge < -0.3 is 5.32 Å². The number of carbonyl (C=O) groups is 2. The lowest BCUT2D eigenvalue weighted by Gasteiger charge is -2.24. The lowest BCUT2D eigenvalue weighted by molar-refractivity contribution is -0.131. The zero-order valence-corrected chi connectivity index (χ0v) is 15.5. The van der Waals surface area contributed by atoms with Gasteiger partial charge >= 0.3 is 6.03 Å². The van der Waals surface area contributed by atoms with Crippen molar-refractivity contribution >= 4 is 18.2 Å². The summed E-state index contributed by atoms with van der Waals surface area (Å²) in [6.07, 6.45) is 2.03. The first-order valence-corrected chi connectivity index (χ1v) is 8.73. The van der Waals surface area contributed by atoms with Gasteiger partial charge in [-0.15, -0.1) is 5.01 Å². The van der Waals surface area contributed by atoms with Crippen molar-refractivity contribution in [3.63, 3.8) is 0 Å². The smallest absolute Gasteiger partial charge is 0.318 e. The van der Waals surface area contributed by atoms with E-state index in [2.05, 4.69) is 23.4 Å². The maximum absolute atomic E-state index is 13.0. The fourth-order valence-corrected chi connectivity index (χ4v) is 3.27. The summed E-state index contributed by atoms with van der Waals surface area (Å²) in [5.74, 6) is -0.353. The number of carbonyl (C=O) groups excluding carboxylic acids is 2. The quantitative estimate of drug-likeness (QED) is 0.674. The molecule has 0 spiro atoms. The standard InChI is InChI=1S/C21H23N3O2/c1-5-21(18-9-7-6-8-10-18)19(25)24(20(26)23-21)22-13-17-12-15(3)14(2)11-16(17)4/h6-13H,5H2,1-4H3,(H,23,26)/b22-13-/t21-/m0/s1. The van der Waals surface area contributed by atoms with Crippen LogP contribution in [0.2, 0.25) is 0 Å². The number of hydrazone groups is 1. The minimum Gasteiger partial charge on any atom is -0.318 e. The van der Waals surface area contributed by atoms with Crippen LogP contribution in [0.25, 0.3) is 0 Å². The molecule has 0 unspecified atom stereocenters. The molecule has 3 amide bonds. The van der Waals surface area contributed by atoms with Crippen LogP contribution in [0, 0.1) is 20.8 Å². The molecule has 134 valence electrons. The number of imide groups is 1. The van der Waals surface area contributed by atoms with Gasteiger partial charge in [0.1, 0.15) is 5.54 Å². The number of hydrogen-bond donors (Lipinski definition) is 1. The molecule has 1 heterocycles. The predicted octanol–water partition coefficient (Wildman–Crippen LogP) is 3.80. The molecule has 1 saturated heterocycles. The van der Waals surface area contributed by atoms with Gasteiger partial charge in [0.15, 0.2) is 0 Å². The third kappa shape index (κ3) is 2.90. The van der Waals surface area contributed by atoms with E-state index in [9.17, 15) is 9.59 Å². The van der Waals surface area contributed by atoms with E-state index < -0.39 is 11.6 Å². The van der Waals surface area contributed by atoms with Crippen molar-refractivity contribution in [2.75, 3.05) is 0 Å². The van der Waals surface area contributed by atoms with E-state index in [1.54, 1.807) is 6.21 Å². The van der Waals surface area contributed by atoms with Gasteiger partial charge in [-0.25, -0.2) is 4.79 Å². The molecule has 0 aliphatic carbocycles. The highest BCUT2D eigenvalue weighted by Crippen LogP contribution is 2.32. The van der Waals surface area contributed by atoms with Crippen molar-refractivity contribution in [3.05, 3.63) is 70.3 Å². The topological polar surface area (TPSA) is 61.8 Å². The van der Waals surface area contributed by atoms with E-state index in [4.69, 9.17) is 0 Å². The third-order valence-corrected chi connectivity index (χ3v) is 5.06. The highest BCUT2D eigenvalue weighted by atomic mass is 16.2. The summed E-state index contributed by atoms with van der Waals surface area (Å²) < 4.78 is 0. The summed E-state index contributed by atoms with van der Waals surface area (Å²) in [5, 5.41) is 7.97. The predicted molar refractivity (Wildman–Crippen MR) is 102 cm³/mol. The van der Waals surface area contributed by atoms with E-state index in [0.29, 0.717) is 6.42 Å². The van der Waals surface area contributed by atoms with Crippen LogP contribution in [0.5, 0.6) is 0 Å². The lowest BCUT2D eigenvalue weighted by atomic mass is 9.87. The molecule has 5 nitrogen and oxygen atoms in total. The molecule has 3 rings (SSSR count). The highest BCUT2D eigenvalue weighted by Gasteiger charge is 2.51. The Morgan fingerprint density at radius 1 is 1.04 bits per heavy atom. The first-order chi connectivity index (χ1) is 12.4. The van der Waals surface area contributed by atoms with Gasteiger partial charge in [-0.1, -0.05) is 43.3 Å². The summed E-state index contributed by atoms with van der Waals surface area (Å²) in [4.78, 5) is 25.5. The van der Waals surface area contributed by atoms with Gasteiger partial charge in [0.25, 0.3) is 5.91 Å². The Bertz CT molecular complexity index is 890. The molecule has 1 N–H and O–H groups in total. The van der Waals surface area contributed by atoms with Crippen molar-refractivity contribution in [3.8, 4) is 0 Å². The van der Waals surface area contributed by atoms with Crippen LogP contribution in [-0.4, -0.2) is 23.2 Å². The zero-order valence-electron chi connectivity index (χ0n) is 15.5. The van der Waals surface area contributed by atoms with Crippen LogP contribution in [0.3, 0.4) is 0 Å². The van der Waals surface area contributed by atoms with Gasteiger partial charge in [0, 0.05) is 0 Å². The molecule has 0 bridgehead atoms. The van der Waals surface area contributed by atoms with Crippen LogP contribution in [0.1, 0.15) is 41.2 Å². The lowest BCUT2D eigenvalue weighted by Crippen LogP contribution is -2.43. The Morgan fingerprint density at radius 3 is 2.35 bits per heavy atom. The number of aryl methyl sites for hydroxylation is 3. The first-order valence-electron chi connectivity index (χ1n) is 8.73. The molecule has 0 aromatic heterocycles. The van der Waals surface area contributed by atoms with E-state index in [-0.39, 0.29) is 5.91 Å².